The van der Waals surface area contributed by atoms with Crippen molar-refractivity contribution in [2.45, 2.75) is 25.3 Å². The smallest absolute Gasteiger partial charge is 0.227 e. The van der Waals surface area contributed by atoms with Crippen molar-refractivity contribution in [1.82, 2.24) is 9.88 Å². The van der Waals surface area contributed by atoms with Crippen LogP contribution in [0.4, 0.5) is 0 Å². The highest BCUT2D eigenvalue weighted by Gasteiger charge is 2.30. The summed E-state index contributed by atoms with van der Waals surface area (Å²) in [4.78, 5) is 19.4. The predicted molar refractivity (Wildman–Crippen MR) is 105 cm³/mol. The van der Waals surface area contributed by atoms with Crippen LogP contribution in [0.3, 0.4) is 0 Å². The molecule has 0 unspecified atom stereocenters. The van der Waals surface area contributed by atoms with Crippen LogP contribution in [0.5, 0.6) is 0 Å². The molecule has 0 saturated carbocycles. The normalized spacial score (nSPS) is 17.0. The molecule has 3 heterocycles. The van der Waals surface area contributed by atoms with Gasteiger partial charge in [-0.15, -0.1) is 0 Å². The second-order valence-electron chi connectivity index (χ2n) is 7.13. The van der Waals surface area contributed by atoms with Gasteiger partial charge < -0.3 is 9.32 Å². The SMILES string of the molecule is O=C(Cc1coc2ccc3ccccc3c12)N1CCC[C@H]1c1cccnc1. The standard InChI is InChI=1S/C23H20N2O2/c26-22(25-12-4-8-20(25)17-6-3-11-24-14-17)13-18-15-27-21-10-9-16-5-1-2-7-19(16)23(18)21/h1-3,5-7,9-11,14-15,20H,4,8,12-13H2/t20-/m0/s1. The largest absolute Gasteiger partial charge is 0.464 e. The Morgan fingerprint density at radius 3 is 2.96 bits per heavy atom. The molecule has 5 rings (SSSR count). The van der Waals surface area contributed by atoms with E-state index in [1.54, 1.807) is 12.5 Å². The third-order valence-corrected chi connectivity index (χ3v) is 5.52. The van der Waals surface area contributed by atoms with Gasteiger partial charge in [-0.2, -0.15) is 0 Å². The monoisotopic (exact) mass is 356 g/mol. The van der Waals surface area contributed by atoms with Gasteiger partial charge in [-0.25, -0.2) is 0 Å². The zero-order chi connectivity index (χ0) is 18.2. The van der Waals surface area contributed by atoms with E-state index in [2.05, 4.69) is 29.2 Å². The highest BCUT2D eigenvalue weighted by molar-refractivity contribution is 6.08. The first-order chi connectivity index (χ1) is 13.3. The Balaban J connectivity index is 1.48. The van der Waals surface area contributed by atoms with E-state index in [1.165, 1.54) is 0 Å². The maximum atomic E-state index is 13.1. The zero-order valence-corrected chi connectivity index (χ0v) is 15.0. The molecule has 0 spiro atoms. The minimum Gasteiger partial charge on any atom is -0.464 e. The van der Waals surface area contributed by atoms with Gasteiger partial charge in [0.05, 0.1) is 18.7 Å². The summed E-state index contributed by atoms with van der Waals surface area (Å²) >= 11 is 0. The van der Waals surface area contributed by atoms with Crippen molar-refractivity contribution < 1.29 is 9.21 Å². The van der Waals surface area contributed by atoms with Gasteiger partial charge in [0.2, 0.25) is 5.91 Å². The molecule has 1 amide bonds. The third-order valence-electron chi connectivity index (χ3n) is 5.52. The average Bonchev–Trinajstić information content (AvgIpc) is 3.36. The molecule has 2 aromatic carbocycles. The fourth-order valence-electron chi connectivity index (χ4n) is 4.25. The number of amides is 1. The maximum absolute atomic E-state index is 13.1. The summed E-state index contributed by atoms with van der Waals surface area (Å²) in [6.45, 7) is 0.801. The molecule has 4 nitrogen and oxygen atoms in total. The first-order valence-electron chi connectivity index (χ1n) is 9.38. The molecule has 4 aromatic rings. The second kappa shape index (κ2) is 6.54. The molecule has 4 heteroatoms. The summed E-state index contributed by atoms with van der Waals surface area (Å²) in [6.07, 6.45) is 7.76. The number of furan rings is 1. The second-order valence-corrected chi connectivity index (χ2v) is 7.13. The van der Waals surface area contributed by atoms with Crippen LogP contribution < -0.4 is 0 Å². The van der Waals surface area contributed by atoms with Crippen molar-refractivity contribution in [3.05, 3.63) is 78.3 Å². The predicted octanol–water partition coefficient (Wildman–Crippen LogP) is 4.89. The van der Waals surface area contributed by atoms with E-state index in [1.807, 2.05) is 35.4 Å². The number of aromatic nitrogens is 1. The number of pyridine rings is 1. The quantitative estimate of drug-likeness (QED) is 0.525. The summed E-state index contributed by atoms with van der Waals surface area (Å²) in [6, 6.07) is 16.4. The molecule has 0 radical (unpaired) electrons. The van der Waals surface area contributed by atoms with E-state index in [0.29, 0.717) is 6.42 Å². The molecule has 27 heavy (non-hydrogen) atoms. The van der Waals surface area contributed by atoms with Gasteiger partial charge in [-0.1, -0.05) is 36.4 Å². The van der Waals surface area contributed by atoms with Gasteiger partial charge in [-0.3, -0.25) is 9.78 Å². The average molecular weight is 356 g/mol. The minimum atomic E-state index is 0.126. The highest BCUT2D eigenvalue weighted by atomic mass is 16.3. The molecule has 1 aliphatic heterocycles. The highest BCUT2D eigenvalue weighted by Crippen LogP contribution is 2.34. The first-order valence-corrected chi connectivity index (χ1v) is 9.38. The zero-order valence-electron chi connectivity index (χ0n) is 15.0. The number of nitrogens with zero attached hydrogens (tertiary/aromatic N) is 2. The van der Waals surface area contributed by atoms with Crippen LogP contribution in [-0.2, 0) is 11.2 Å². The Morgan fingerprint density at radius 2 is 2.07 bits per heavy atom. The van der Waals surface area contributed by atoms with Gasteiger partial charge >= 0.3 is 0 Å². The van der Waals surface area contributed by atoms with Crippen molar-refractivity contribution in [3.63, 3.8) is 0 Å². The van der Waals surface area contributed by atoms with Crippen LogP contribution >= 0.6 is 0 Å². The summed E-state index contributed by atoms with van der Waals surface area (Å²) in [5.74, 6) is 0.150. The Hall–Kier alpha value is -3.14. The number of likely N-dealkylation sites (tertiary alicyclic amines) is 1. The molecule has 1 saturated heterocycles. The number of hydrogen-bond donors (Lipinski definition) is 0. The molecule has 1 aliphatic rings. The van der Waals surface area contributed by atoms with Gasteiger partial charge in [0.1, 0.15) is 5.58 Å². The molecular weight excluding hydrogens is 336 g/mol. The summed E-state index contributed by atoms with van der Waals surface area (Å²) in [7, 11) is 0. The molecule has 0 aliphatic carbocycles. The van der Waals surface area contributed by atoms with E-state index in [9.17, 15) is 4.79 Å². The minimum absolute atomic E-state index is 0.126. The molecule has 1 fully saturated rings. The molecule has 0 N–H and O–H groups in total. The maximum Gasteiger partial charge on any atom is 0.227 e. The van der Waals surface area contributed by atoms with Crippen LogP contribution in [0, 0.1) is 0 Å². The number of benzene rings is 2. The van der Waals surface area contributed by atoms with E-state index in [4.69, 9.17) is 4.42 Å². The fraction of sp³-hybridized carbons (Fsp3) is 0.217. The Labute approximate surface area is 157 Å². The fourth-order valence-corrected chi connectivity index (χ4v) is 4.25. The van der Waals surface area contributed by atoms with Crippen molar-refractivity contribution in [1.29, 1.82) is 0 Å². The van der Waals surface area contributed by atoms with Gasteiger partial charge in [0.15, 0.2) is 0 Å². The third kappa shape index (κ3) is 2.78. The van der Waals surface area contributed by atoms with E-state index < -0.39 is 0 Å². The number of carbonyl (C=O) groups excluding carboxylic acids is 1. The van der Waals surface area contributed by atoms with Crippen molar-refractivity contribution >= 4 is 27.6 Å². The van der Waals surface area contributed by atoms with E-state index in [-0.39, 0.29) is 11.9 Å². The van der Waals surface area contributed by atoms with Crippen LogP contribution in [0.2, 0.25) is 0 Å². The summed E-state index contributed by atoms with van der Waals surface area (Å²) in [5.41, 5.74) is 2.91. The summed E-state index contributed by atoms with van der Waals surface area (Å²) < 4.78 is 5.75. The van der Waals surface area contributed by atoms with Crippen LogP contribution in [-0.4, -0.2) is 22.3 Å². The lowest BCUT2D eigenvalue weighted by Gasteiger charge is -2.24. The van der Waals surface area contributed by atoms with Crippen LogP contribution in [0.25, 0.3) is 21.7 Å². The molecule has 0 bridgehead atoms. The topological polar surface area (TPSA) is 46.3 Å². The molecular formula is C23H20N2O2. The van der Waals surface area contributed by atoms with Crippen molar-refractivity contribution in [2.24, 2.45) is 0 Å². The number of rotatable bonds is 3. The van der Waals surface area contributed by atoms with Crippen molar-refractivity contribution in [3.8, 4) is 0 Å². The Morgan fingerprint density at radius 1 is 1.15 bits per heavy atom. The number of fused-ring (bicyclic) bond motifs is 3. The van der Waals surface area contributed by atoms with Crippen LogP contribution in [0.1, 0.15) is 30.0 Å². The van der Waals surface area contributed by atoms with Gasteiger partial charge in [-0.05, 0) is 41.3 Å². The lowest BCUT2D eigenvalue weighted by Crippen LogP contribution is -2.31. The van der Waals surface area contributed by atoms with Gasteiger partial charge in [0.25, 0.3) is 0 Å². The van der Waals surface area contributed by atoms with Gasteiger partial charge in [0, 0.05) is 29.9 Å². The van der Waals surface area contributed by atoms with E-state index in [0.717, 1.165) is 52.3 Å². The van der Waals surface area contributed by atoms with E-state index >= 15 is 0 Å². The molecule has 2 aromatic heterocycles. The Bertz CT molecular complexity index is 1120. The molecule has 1 atom stereocenters. The molecule has 134 valence electrons. The number of hydrogen-bond acceptors (Lipinski definition) is 3. The number of carbonyl (C=O) groups is 1. The summed E-state index contributed by atoms with van der Waals surface area (Å²) in [5, 5.41) is 3.35. The lowest BCUT2D eigenvalue weighted by molar-refractivity contribution is -0.131. The van der Waals surface area contributed by atoms with Crippen LogP contribution in [0.15, 0.2) is 71.6 Å². The Kier molecular flexibility index (Phi) is 3.89. The lowest BCUT2D eigenvalue weighted by atomic mass is 10.0. The van der Waals surface area contributed by atoms with Crippen molar-refractivity contribution in [2.75, 3.05) is 6.54 Å². The first kappa shape index (κ1) is 16.1.